The maximum atomic E-state index is 13.3. The molecule has 198 valence electrons. The molecule has 0 spiro atoms. The van der Waals surface area contributed by atoms with Crippen LogP contribution in [0, 0.1) is 0 Å². The fourth-order valence-electron chi connectivity index (χ4n) is 4.21. The molecular weight excluding hydrogens is 500 g/mol. The van der Waals surface area contributed by atoms with Crippen LogP contribution in [0.25, 0.3) is 22.3 Å². The number of hydrogen-bond donors (Lipinski definition) is 2. The summed E-state index contributed by atoms with van der Waals surface area (Å²) < 4.78 is 28.7. The van der Waals surface area contributed by atoms with E-state index in [-0.39, 0.29) is 40.6 Å². The van der Waals surface area contributed by atoms with Gasteiger partial charge in [-0.25, -0.2) is 0 Å². The smallest absolute Gasteiger partial charge is 0.239 e. The van der Waals surface area contributed by atoms with Gasteiger partial charge in [0.05, 0.1) is 14.2 Å². The summed E-state index contributed by atoms with van der Waals surface area (Å²) in [6.07, 6.45) is 0. The van der Waals surface area contributed by atoms with Crippen molar-refractivity contribution in [2.24, 2.45) is 0 Å². The summed E-state index contributed by atoms with van der Waals surface area (Å²) in [6.45, 7) is 0.614. The van der Waals surface area contributed by atoms with Gasteiger partial charge in [-0.3, -0.25) is 4.79 Å². The molecule has 0 bridgehead atoms. The van der Waals surface area contributed by atoms with Gasteiger partial charge in [-0.05, 0) is 29.3 Å². The van der Waals surface area contributed by atoms with E-state index in [1.165, 1.54) is 20.3 Å². The van der Waals surface area contributed by atoms with E-state index >= 15 is 0 Å². The SMILES string of the molecule is COc1c(O)cc2oc(-c3ccc(OCc4ccccc4)c(OCc4ccccc4)c3)c(OC)c(=O)c2c1O. The summed E-state index contributed by atoms with van der Waals surface area (Å²) >= 11 is 0. The minimum atomic E-state index is -0.624. The molecule has 4 aromatic carbocycles. The van der Waals surface area contributed by atoms with Gasteiger partial charge in [-0.2, -0.15) is 0 Å². The predicted molar refractivity (Wildman–Crippen MR) is 146 cm³/mol. The lowest BCUT2D eigenvalue weighted by molar-refractivity contribution is 0.256. The number of benzene rings is 4. The standard InChI is InChI=1S/C31H26O8/c1-35-30-22(32)16-25-26(27(30)33)28(34)31(36-2)29(39-25)21-13-14-23(37-17-19-9-5-3-6-10-19)24(15-21)38-18-20-11-7-4-8-12-20/h3-16,32-33H,17-18H2,1-2H3. The first-order chi connectivity index (χ1) is 19.0. The highest BCUT2D eigenvalue weighted by molar-refractivity contribution is 5.91. The van der Waals surface area contributed by atoms with Gasteiger partial charge in [0.2, 0.25) is 16.9 Å². The van der Waals surface area contributed by atoms with Crippen molar-refractivity contribution in [2.45, 2.75) is 13.2 Å². The number of phenolic OH excluding ortho intramolecular Hbond substituents is 2. The van der Waals surface area contributed by atoms with E-state index < -0.39 is 11.2 Å². The van der Waals surface area contributed by atoms with Crippen LogP contribution in [0.4, 0.5) is 0 Å². The van der Waals surface area contributed by atoms with Crippen molar-refractivity contribution < 1.29 is 33.6 Å². The van der Waals surface area contributed by atoms with Crippen LogP contribution in [-0.4, -0.2) is 24.4 Å². The lowest BCUT2D eigenvalue weighted by Crippen LogP contribution is -2.08. The van der Waals surface area contributed by atoms with Crippen LogP contribution in [-0.2, 0) is 13.2 Å². The highest BCUT2D eigenvalue weighted by Gasteiger charge is 2.24. The first kappa shape index (κ1) is 25.5. The third-order valence-corrected chi connectivity index (χ3v) is 6.14. The molecule has 0 amide bonds. The van der Waals surface area contributed by atoms with Crippen molar-refractivity contribution in [3.8, 4) is 45.8 Å². The van der Waals surface area contributed by atoms with Crippen molar-refractivity contribution >= 4 is 11.0 Å². The number of rotatable bonds is 9. The molecule has 0 saturated heterocycles. The zero-order valence-corrected chi connectivity index (χ0v) is 21.3. The topological polar surface area (TPSA) is 108 Å². The monoisotopic (exact) mass is 526 g/mol. The highest BCUT2D eigenvalue weighted by Crippen LogP contribution is 2.44. The minimum Gasteiger partial charge on any atom is -0.504 e. The molecule has 1 heterocycles. The van der Waals surface area contributed by atoms with Gasteiger partial charge in [0, 0.05) is 11.6 Å². The Hall–Kier alpha value is -5.11. The zero-order chi connectivity index (χ0) is 27.4. The van der Waals surface area contributed by atoms with Crippen molar-refractivity contribution in [2.75, 3.05) is 14.2 Å². The lowest BCUT2D eigenvalue weighted by Gasteiger charge is -2.16. The second kappa shape index (κ2) is 11.1. The van der Waals surface area contributed by atoms with Gasteiger partial charge in [0.15, 0.2) is 28.8 Å². The summed E-state index contributed by atoms with van der Waals surface area (Å²) in [5.74, 6) is -0.254. The number of ether oxygens (including phenoxy) is 4. The fourth-order valence-corrected chi connectivity index (χ4v) is 4.21. The Morgan fingerprint density at radius 1 is 0.718 bits per heavy atom. The number of phenols is 2. The average molecular weight is 527 g/mol. The molecule has 0 radical (unpaired) electrons. The molecule has 0 unspecified atom stereocenters. The second-order valence-corrected chi connectivity index (χ2v) is 8.65. The van der Waals surface area contributed by atoms with Crippen molar-refractivity contribution in [1.29, 1.82) is 0 Å². The molecule has 8 nitrogen and oxygen atoms in total. The molecule has 5 aromatic rings. The molecule has 0 aliphatic carbocycles. The van der Waals surface area contributed by atoms with Crippen LogP contribution < -0.4 is 24.4 Å². The number of aromatic hydroxyl groups is 2. The summed E-state index contributed by atoms with van der Waals surface area (Å²) in [4.78, 5) is 13.3. The second-order valence-electron chi connectivity index (χ2n) is 8.65. The molecule has 39 heavy (non-hydrogen) atoms. The first-order valence-electron chi connectivity index (χ1n) is 12.1. The number of methoxy groups -OCH3 is 2. The predicted octanol–water partition coefficient (Wildman–Crippen LogP) is 6.05. The van der Waals surface area contributed by atoms with E-state index in [1.807, 2.05) is 60.7 Å². The average Bonchev–Trinajstić information content (AvgIpc) is 2.96. The highest BCUT2D eigenvalue weighted by atomic mass is 16.5. The molecular formula is C31H26O8. The molecule has 0 aliphatic heterocycles. The fraction of sp³-hybridized carbons (Fsp3) is 0.129. The zero-order valence-electron chi connectivity index (χ0n) is 21.3. The van der Waals surface area contributed by atoms with Crippen molar-refractivity contribution in [3.63, 3.8) is 0 Å². The Labute approximate surface area is 224 Å². The minimum absolute atomic E-state index is 0.0391. The van der Waals surface area contributed by atoms with Crippen LogP contribution in [0.2, 0.25) is 0 Å². The van der Waals surface area contributed by atoms with Gasteiger partial charge in [0.25, 0.3) is 0 Å². The van der Waals surface area contributed by atoms with Gasteiger partial charge < -0.3 is 33.6 Å². The molecule has 0 atom stereocenters. The van der Waals surface area contributed by atoms with Gasteiger partial charge >= 0.3 is 0 Å². The first-order valence-corrected chi connectivity index (χ1v) is 12.1. The Kier molecular flexibility index (Phi) is 7.27. The quantitative estimate of drug-likeness (QED) is 0.239. The number of fused-ring (bicyclic) bond motifs is 1. The van der Waals surface area contributed by atoms with E-state index in [4.69, 9.17) is 23.4 Å². The molecule has 0 fully saturated rings. The third-order valence-electron chi connectivity index (χ3n) is 6.14. The summed E-state index contributed by atoms with van der Waals surface area (Å²) in [5.41, 5.74) is 1.76. The van der Waals surface area contributed by atoms with Gasteiger partial charge in [-0.1, -0.05) is 60.7 Å². The van der Waals surface area contributed by atoms with Crippen molar-refractivity contribution in [1.82, 2.24) is 0 Å². The van der Waals surface area contributed by atoms with Crippen LogP contribution in [0.3, 0.4) is 0 Å². The van der Waals surface area contributed by atoms with E-state index in [0.29, 0.717) is 23.7 Å². The summed E-state index contributed by atoms with van der Waals surface area (Å²) in [5, 5.41) is 20.7. The largest absolute Gasteiger partial charge is 0.504 e. The third kappa shape index (κ3) is 5.17. The maximum Gasteiger partial charge on any atom is 0.239 e. The Morgan fingerprint density at radius 3 is 1.90 bits per heavy atom. The van der Waals surface area contributed by atoms with Crippen LogP contribution in [0.5, 0.6) is 34.5 Å². The van der Waals surface area contributed by atoms with E-state index in [9.17, 15) is 15.0 Å². The maximum absolute atomic E-state index is 13.3. The van der Waals surface area contributed by atoms with E-state index in [2.05, 4.69) is 0 Å². The molecule has 0 saturated carbocycles. The summed E-state index contributed by atoms with van der Waals surface area (Å²) in [7, 11) is 2.60. The van der Waals surface area contributed by atoms with Crippen LogP contribution in [0.1, 0.15) is 11.1 Å². The summed E-state index contributed by atoms with van der Waals surface area (Å²) in [6, 6.07) is 25.8. The Balaban J connectivity index is 1.59. The van der Waals surface area contributed by atoms with E-state index in [0.717, 1.165) is 11.1 Å². The van der Waals surface area contributed by atoms with Crippen LogP contribution in [0.15, 0.2) is 94.1 Å². The normalized spacial score (nSPS) is 10.8. The Morgan fingerprint density at radius 2 is 1.31 bits per heavy atom. The molecule has 5 rings (SSSR count). The van der Waals surface area contributed by atoms with Crippen molar-refractivity contribution in [3.05, 3.63) is 106 Å². The number of hydrogen-bond acceptors (Lipinski definition) is 8. The Bertz CT molecular complexity index is 1660. The molecule has 2 N–H and O–H groups in total. The van der Waals surface area contributed by atoms with Crippen LogP contribution >= 0.6 is 0 Å². The molecule has 0 aliphatic rings. The lowest BCUT2D eigenvalue weighted by atomic mass is 10.1. The van der Waals surface area contributed by atoms with E-state index in [1.54, 1.807) is 18.2 Å². The van der Waals surface area contributed by atoms with Gasteiger partial charge in [-0.15, -0.1) is 0 Å². The molecule has 1 aromatic heterocycles. The molecule has 8 heteroatoms. The van der Waals surface area contributed by atoms with Gasteiger partial charge in [0.1, 0.15) is 24.2 Å².